The lowest BCUT2D eigenvalue weighted by atomic mass is 10.1. The Morgan fingerprint density at radius 1 is 1.00 bits per heavy atom. The van der Waals surface area contributed by atoms with Crippen molar-refractivity contribution in [3.8, 4) is 0 Å². The van der Waals surface area contributed by atoms with Gasteiger partial charge in [-0.1, -0.05) is 48.2 Å². The molecule has 8 heteroatoms. The molecule has 1 unspecified atom stereocenters. The van der Waals surface area contributed by atoms with Crippen LogP contribution in [0.4, 0.5) is 11.4 Å². The van der Waals surface area contributed by atoms with E-state index >= 15 is 0 Å². The van der Waals surface area contributed by atoms with Crippen LogP contribution >= 0.6 is 11.8 Å². The summed E-state index contributed by atoms with van der Waals surface area (Å²) in [5.74, 6) is -0.424. The van der Waals surface area contributed by atoms with Crippen molar-refractivity contribution in [2.45, 2.75) is 19.1 Å². The molecule has 1 atom stereocenters. The number of carbonyl (C=O) groups excluding carboxylic acids is 2. The number of thioether (sulfide) groups is 1. The van der Waals surface area contributed by atoms with Crippen molar-refractivity contribution in [3.05, 3.63) is 70.9 Å². The highest BCUT2D eigenvalue weighted by Crippen LogP contribution is 2.37. The number of nitrogens with one attached hydrogen (secondary N) is 1. The standard InChI is InChI=1S/C25H29N5O2S/c1-16-8-7-9-17(2)21(16)28-24-19(25(32)30-14-12-29(3)13-15-30)20(26)22(33-24)23(31)27-18-10-5-4-6-11-18/h4-11,22H,12-15,26H2,1-3H3,(H,27,31). The molecule has 0 bridgehead atoms. The average Bonchev–Trinajstić information content (AvgIpc) is 3.13. The molecule has 33 heavy (non-hydrogen) atoms. The van der Waals surface area contributed by atoms with E-state index in [1.54, 1.807) is 4.90 Å². The van der Waals surface area contributed by atoms with Crippen LogP contribution in [0.15, 0.2) is 64.8 Å². The van der Waals surface area contributed by atoms with Crippen LogP contribution in [-0.2, 0) is 9.59 Å². The maximum absolute atomic E-state index is 13.6. The van der Waals surface area contributed by atoms with Crippen molar-refractivity contribution >= 4 is 40.0 Å². The van der Waals surface area contributed by atoms with Crippen molar-refractivity contribution in [1.82, 2.24) is 9.80 Å². The van der Waals surface area contributed by atoms with E-state index in [9.17, 15) is 9.59 Å². The Bertz CT molecular complexity index is 1100. The van der Waals surface area contributed by atoms with Gasteiger partial charge in [0.05, 0.1) is 11.3 Å². The average molecular weight is 464 g/mol. The Morgan fingerprint density at radius 3 is 2.27 bits per heavy atom. The van der Waals surface area contributed by atoms with Crippen LogP contribution in [0.3, 0.4) is 0 Å². The van der Waals surface area contributed by atoms with Gasteiger partial charge in [-0.15, -0.1) is 0 Å². The van der Waals surface area contributed by atoms with E-state index in [1.165, 1.54) is 11.8 Å². The zero-order valence-corrected chi connectivity index (χ0v) is 20.0. The number of benzene rings is 2. The van der Waals surface area contributed by atoms with Gasteiger partial charge in [0, 0.05) is 37.6 Å². The molecule has 1 saturated heterocycles. The first-order valence-corrected chi connectivity index (χ1v) is 11.9. The number of nitrogens with two attached hydrogens (primary N) is 1. The van der Waals surface area contributed by atoms with Crippen LogP contribution < -0.4 is 11.1 Å². The van der Waals surface area contributed by atoms with Gasteiger partial charge in [-0.25, -0.2) is 4.99 Å². The second kappa shape index (κ2) is 9.80. The normalized spacial score (nSPS) is 20.4. The molecule has 2 aliphatic rings. The number of aryl methyl sites for hydroxylation is 2. The maximum Gasteiger partial charge on any atom is 0.258 e. The lowest BCUT2D eigenvalue weighted by molar-refractivity contribution is -0.128. The molecule has 1 fully saturated rings. The number of aliphatic imine (C=N–C) groups is 1. The second-order valence-corrected chi connectivity index (χ2v) is 9.53. The van der Waals surface area contributed by atoms with Crippen molar-refractivity contribution in [3.63, 3.8) is 0 Å². The summed E-state index contributed by atoms with van der Waals surface area (Å²) in [5, 5.41) is 2.69. The van der Waals surface area contributed by atoms with Crippen molar-refractivity contribution in [2.24, 2.45) is 10.7 Å². The molecule has 4 rings (SSSR count). The van der Waals surface area contributed by atoms with Crippen LogP contribution in [0.2, 0.25) is 0 Å². The predicted molar refractivity (Wildman–Crippen MR) is 135 cm³/mol. The molecular formula is C25H29N5O2S. The first-order valence-electron chi connectivity index (χ1n) is 11.0. The predicted octanol–water partition coefficient (Wildman–Crippen LogP) is 3.07. The number of piperazine rings is 1. The Morgan fingerprint density at radius 2 is 1.64 bits per heavy atom. The van der Waals surface area contributed by atoms with E-state index in [2.05, 4.69) is 10.2 Å². The third-order valence-electron chi connectivity index (χ3n) is 5.95. The SMILES string of the molecule is Cc1cccc(C)c1N=C1SC(C(=O)Nc2ccccc2)C(N)=C1C(=O)N1CCN(C)CC1. The number of likely N-dealkylation sites (N-methyl/N-ethyl adjacent to an activating group) is 1. The minimum absolute atomic E-state index is 0.159. The number of anilines is 1. The van der Waals surface area contributed by atoms with Crippen LogP contribution in [-0.4, -0.2) is 65.1 Å². The molecule has 0 radical (unpaired) electrons. The molecule has 2 heterocycles. The number of hydrogen-bond donors (Lipinski definition) is 2. The van der Waals surface area contributed by atoms with Gasteiger partial charge in [0.2, 0.25) is 5.91 Å². The number of amides is 2. The highest BCUT2D eigenvalue weighted by Gasteiger charge is 2.40. The summed E-state index contributed by atoms with van der Waals surface area (Å²) in [5.41, 5.74) is 10.6. The minimum Gasteiger partial charge on any atom is -0.400 e. The van der Waals surface area contributed by atoms with Crippen LogP contribution in [0.5, 0.6) is 0 Å². The molecule has 3 N–H and O–H groups in total. The number of carbonyl (C=O) groups is 2. The molecule has 0 saturated carbocycles. The molecular weight excluding hydrogens is 434 g/mol. The van der Waals surface area contributed by atoms with E-state index in [0.29, 0.717) is 29.4 Å². The molecule has 0 aromatic heterocycles. The summed E-state index contributed by atoms with van der Waals surface area (Å²) in [7, 11) is 2.04. The van der Waals surface area contributed by atoms with Gasteiger partial charge in [0.25, 0.3) is 5.91 Å². The first kappa shape index (κ1) is 23.1. The van der Waals surface area contributed by atoms with Crippen LogP contribution in [0, 0.1) is 13.8 Å². The fourth-order valence-corrected chi connectivity index (χ4v) is 5.06. The Kier molecular flexibility index (Phi) is 6.85. The van der Waals surface area contributed by atoms with Crippen molar-refractivity contribution in [1.29, 1.82) is 0 Å². The van der Waals surface area contributed by atoms with Crippen LogP contribution in [0.25, 0.3) is 0 Å². The summed E-state index contributed by atoms with van der Waals surface area (Å²) in [4.78, 5) is 35.5. The molecule has 172 valence electrons. The molecule has 2 aromatic carbocycles. The van der Waals surface area contributed by atoms with Gasteiger partial charge in [-0.05, 0) is 44.2 Å². The van der Waals surface area contributed by atoms with Gasteiger partial charge in [-0.2, -0.15) is 0 Å². The smallest absolute Gasteiger partial charge is 0.258 e. The van der Waals surface area contributed by atoms with Gasteiger partial charge in [0.15, 0.2) is 0 Å². The molecule has 2 aliphatic heterocycles. The number of para-hydroxylation sites is 2. The summed E-state index contributed by atoms with van der Waals surface area (Å²) >= 11 is 1.24. The monoisotopic (exact) mass is 463 g/mol. The second-order valence-electron chi connectivity index (χ2n) is 8.44. The van der Waals surface area contributed by atoms with E-state index in [1.807, 2.05) is 69.4 Å². The highest BCUT2D eigenvalue weighted by molar-refractivity contribution is 8.16. The van der Waals surface area contributed by atoms with E-state index in [4.69, 9.17) is 10.7 Å². The lowest BCUT2D eigenvalue weighted by Crippen LogP contribution is -2.48. The van der Waals surface area contributed by atoms with Gasteiger partial charge in [-0.3, -0.25) is 9.59 Å². The number of nitrogens with zero attached hydrogens (tertiary/aromatic N) is 3. The van der Waals surface area contributed by atoms with Gasteiger partial charge < -0.3 is 20.9 Å². The first-order chi connectivity index (χ1) is 15.8. The molecule has 2 amide bonds. The highest BCUT2D eigenvalue weighted by atomic mass is 32.2. The lowest BCUT2D eigenvalue weighted by Gasteiger charge is -2.32. The topological polar surface area (TPSA) is 91.0 Å². The fourth-order valence-electron chi connectivity index (χ4n) is 3.96. The molecule has 7 nitrogen and oxygen atoms in total. The van der Waals surface area contributed by atoms with Crippen molar-refractivity contribution in [2.75, 3.05) is 38.5 Å². The molecule has 0 aliphatic carbocycles. The van der Waals surface area contributed by atoms with E-state index in [-0.39, 0.29) is 17.5 Å². The zero-order valence-electron chi connectivity index (χ0n) is 19.2. The van der Waals surface area contributed by atoms with Gasteiger partial charge >= 0.3 is 0 Å². The Hall–Kier alpha value is -3.10. The Balaban J connectivity index is 1.70. The van der Waals surface area contributed by atoms with E-state index in [0.717, 1.165) is 29.9 Å². The summed E-state index contributed by atoms with van der Waals surface area (Å²) in [6, 6.07) is 15.2. The summed E-state index contributed by atoms with van der Waals surface area (Å²) in [6.07, 6.45) is 0. The fraction of sp³-hybridized carbons (Fsp3) is 0.320. The number of rotatable bonds is 4. The number of hydrogen-bond acceptors (Lipinski definition) is 6. The molecule has 2 aromatic rings. The minimum atomic E-state index is -0.723. The zero-order chi connectivity index (χ0) is 23.5. The largest absolute Gasteiger partial charge is 0.400 e. The summed E-state index contributed by atoms with van der Waals surface area (Å²) in [6.45, 7) is 6.81. The third kappa shape index (κ3) is 4.96. The molecule has 0 spiro atoms. The summed E-state index contributed by atoms with van der Waals surface area (Å²) < 4.78 is 0. The Labute approximate surface area is 198 Å². The van der Waals surface area contributed by atoms with E-state index < -0.39 is 5.25 Å². The quantitative estimate of drug-likeness (QED) is 0.727. The van der Waals surface area contributed by atoms with Crippen LogP contribution in [0.1, 0.15) is 11.1 Å². The van der Waals surface area contributed by atoms with Crippen molar-refractivity contribution < 1.29 is 9.59 Å². The maximum atomic E-state index is 13.6. The van der Waals surface area contributed by atoms with Gasteiger partial charge in [0.1, 0.15) is 10.3 Å². The third-order valence-corrected chi connectivity index (χ3v) is 7.17.